The molecule has 0 unspecified atom stereocenters. The Hall–Kier alpha value is -2.49. The Morgan fingerprint density at radius 2 is 1.95 bits per heavy atom. The maximum atomic E-state index is 5.94. The van der Waals surface area contributed by atoms with Crippen LogP contribution in [0.4, 0.5) is 0 Å². The summed E-state index contributed by atoms with van der Waals surface area (Å²) in [6.45, 7) is 8.47. The Labute approximate surface area is 129 Å². The average Bonchev–Trinajstić information content (AvgIpc) is 3.11. The van der Waals surface area contributed by atoms with Crippen LogP contribution in [-0.2, 0) is 6.61 Å². The van der Waals surface area contributed by atoms with E-state index in [0.29, 0.717) is 18.3 Å². The van der Waals surface area contributed by atoms with Gasteiger partial charge in [-0.2, -0.15) is 0 Å². The first-order valence-corrected chi connectivity index (χ1v) is 7.25. The van der Waals surface area contributed by atoms with E-state index in [2.05, 4.69) is 31.8 Å². The van der Waals surface area contributed by atoms with Crippen molar-refractivity contribution in [2.75, 3.05) is 0 Å². The molecule has 0 amide bonds. The van der Waals surface area contributed by atoms with Gasteiger partial charge in [-0.15, -0.1) is 0 Å². The second kappa shape index (κ2) is 5.72. The van der Waals surface area contributed by atoms with E-state index in [1.54, 1.807) is 6.26 Å². The van der Waals surface area contributed by atoms with Crippen LogP contribution in [-0.4, -0.2) is 4.98 Å². The molecule has 114 valence electrons. The van der Waals surface area contributed by atoms with Gasteiger partial charge in [-0.05, 0) is 62.6 Å². The van der Waals surface area contributed by atoms with Crippen LogP contribution in [0.5, 0.6) is 5.75 Å². The van der Waals surface area contributed by atoms with Gasteiger partial charge < -0.3 is 13.6 Å². The fraction of sp³-hybridized carbons (Fsp3) is 0.278. The third kappa shape index (κ3) is 2.77. The van der Waals surface area contributed by atoms with E-state index in [0.717, 1.165) is 22.8 Å². The number of aromatic nitrogens is 1. The number of benzene rings is 1. The predicted molar refractivity (Wildman–Crippen MR) is 83.9 cm³/mol. The highest BCUT2D eigenvalue weighted by Gasteiger charge is 2.14. The second-order valence-electron chi connectivity index (χ2n) is 5.49. The number of furan rings is 1. The largest absolute Gasteiger partial charge is 0.487 e. The van der Waals surface area contributed by atoms with Crippen LogP contribution in [0.1, 0.15) is 28.1 Å². The zero-order valence-corrected chi connectivity index (χ0v) is 13.3. The van der Waals surface area contributed by atoms with Gasteiger partial charge in [0.1, 0.15) is 23.8 Å². The summed E-state index contributed by atoms with van der Waals surface area (Å²) in [5.41, 5.74) is 4.34. The van der Waals surface area contributed by atoms with Crippen molar-refractivity contribution < 1.29 is 13.6 Å². The van der Waals surface area contributed by atoms with Gasteiger partial charge in [-0.1, -0.05) is 6.07 Å². The molecule has 0 atom stereocenters. The normalized spacial score (nSPS) is 10.9. The first-order valence-electron chi connectivity index (χ1n) is 7.25. The van der Waals surface area contributed by atoms with Crippen molar-refractivity contribution in [3.05, 3.63) is 58.7 Å². The topological polar surface area (TPSA) is 48.4 Å². The summed E-state index contributed by atoms with van der Waals surface area (Å²) in [5.74, 6) is 2.74. The molecule has 0 aliphatic rings. The number of nitrogens with zero attached hydrogens (tertiary/aromatic N) is 1. The molecule has 0 fully saturated rings. The minimum absolute atomic E-state index is 0.375. The molecule has 0 spiro atoms. The molecule has 0 radical (unpaired) electrons. The van der Waals surface area contributed by atoms with E-state index in [9.17, 15) is 0 Å². The maximum absolute atomic E-state index is 5.94. The molecule has 0 saturated heterocycles. The Morgan fingerprint density at radius 1 is 1.14 bits per heavy atom. The van der Waals surface area contributed by atoms with Gasteiger partial charge in [0.25, 0.3) is 5.89 Å². The summed E-state index contributed by atoms with van der Waals surface area (Å²) in [7, 11) is 0. The van der Waals surface area contributed by atoms with E-state index in [1.807, 2.05) is 25.1 Å². The zero-order chi connectivity index (χ0) is 15.7. The van der Waals surface area contributed by atoms with E-state index in [-0.39, 0.29) is 0 Å². The highest BCUT2D eigenvalue weighted by Crippen LogP contribution is 2.26. The number of ether oxygens (including phenoxy) is 1. The minimum Gasteiger partial charge on any atom is -0.487 e. The SMILES string of the molecule is Cc1cc(C)c(C)c(OCc2nc(-c3ccco3)oc2C)c1. The van der Waals surface area contributed by atoms with E-state index < -0.39 is 0 Å². The summed E-state index contributed by atoms with van der Waals surface area (Å²) in [6, 6.07) is 7.83. The van der Waals surface area contributed by atoms with Gasteiger partial charge in [0.2, 0.25) is 0 Å². The molecule has 0 N–H and O–H groups in total. The van der Waals surface area contributed by atoms with Crippen molar-refractivity contribution in [3.63, 3.8) is 0 Å². The number of oxazole rings is 1. The van der Waals surface area contributed by atoms with Crippen LogP contribution in [0, 0.1) is 27.7 Å². The van der Waals surface area contributed by atoms with Gasteiger partial charge in [0.05, 0.1) is 6.26 Å². The summed E-state index contributed by atoms with van der Waals surface area (Å²) >= 11 is 0. The molecule has 3 aromatic rings. The Balaban J connectivity index is 1.80. The Morgan fingerprint density at radius 3 is 2.68 bits per heavy atom. The molecule has 4 nitrogen and oxygen atoms in total. The van der Waals surface area contributed by atoms with Crippen molar-refractivity contribution in [3.8, 4) is 17.4 Å². The standard InChI is InChI=1S/C18H19NO3/c1-11-8-12(2)13(3)17(9-11)21-10-15-14(4)22-18(19-15)16-6-5-7-20-16/h5-9H,10H2,1-4H3. The quantitative estimate of drug-likeness (QED) is 0.697. The molecule has 3 rings (SSSR count). The van der Waals surface area contributed by atoms with Gasteiger partial charge in [-0.3, -0.25) is 0 Å². The summed E-state index contributed by atoms with van der Waals surface area (Å²) in [6.07, 6.45) is 1.60. The summed E-state index contributed by atoms with van der Waals surface area (Å²) in [5, 5.41) is 0. The van der Waals surface area contributed by atoms with Gasteiger partial charge >= 0.3 is 0 Å². The molecule has 0 saturated carbocycles. The maximum Gasteiger partial charge on any atom is 0.263 e. The first-order chi connectivity index (χ1) is 10.5. The van der Waals surface area contributed by atoms with Gasteiger partial charge in [0, 0.05) is 0 Å². The van der Waals surface area contributed by atoms with Gasteiger partial charge in [0.15, 0.2) is 5.76 Å². The lowest BCUT2D eigenvalue weighted by Crippen LogP contribution is -2.00. The van der Waals surface area contributed by atoms with Gasteiger partial charge in [-0.25, -0.2) is 4.98 Å². The number of aryl methyl sites for hydroxylation is 3. The van der Waals surface area contributed by atoms with E-state index >= 15 is 0 Å². The van der Waals surface area contributed by atoms with Crippen LogP contribution < -0.4 is 4.74 Å². The molecular weight excluding hydrogens is 278 g/mol. The van der Waals surface area contributed by atoms with Crippen molar-refractivity contribution in [2.45, 2.75) is 34.3 Å². The third-order valence-corrected chi connectivity index (χ3v) is 3.75. The monoisotopic (exact) mass is 297 g/mol. The first kappa shape index (κ1) is 14.4. The summed E-state index contributed by atoms with van der Waals surface area (Å²) < 4.78 is 16.9. The van der Waals surface area contributed by atoms with E-state index in [1.165, 1.54) is 11.1 Å². The smallest absolute Gasteiger partial charge is 0.263 e. The Bertz CT molecular complexity index is 785. The van der Waals surface area contributed by atoms with Crippen molar-refractivity contribution >= 4 is 0 Å². The van der Waals surface area contributed by atoms with E-state index in [4.69, 9.17) is 13.6 Å². The lowest BCUT2D eigenvalue weighted by molar-refractivity contribution is 0.297. The lowest BCUT2D eigenvalue weighted by atomic mass is 10.1. The molecule has 0 bridgehead atoms. The fourth-order valence-corrected chi connectivity index (χ4v) is 2.36. The molecule has 1 aromatic carbocycles. The molecule has 4 heteroatoms. The lowest BCUT2D eigenvalue weighted by Gasteiger charge is -2.11. The van der Waals surface area contributed by atoms with Crippen molar-refractivity contribution in [1.82, 2.24) is 4.98 Å². The van der Waals surface area contributed by atoms with Crippen molar-refractivity contribution in [2.24, 2.45) is 0 Å². The minimum atomic E-state index is 0.375. The summed E-state index contributed by atoms with van der Waals surface area (Å²) in [4.78, 5) is 4.46. The average molecular weight is 297 g/mol. The molecule has 22 heavy (non-hydrogen) atoms. The molecule has 2 heterocycles. The van der Waals surface area contributed by atoms with Crippen LogP contribution in [0.2, 0.25) is 0 Å². The van der Waals surface area contributed by atoms with Crippen LogP contribution in [0.15, 0.2) is 39.4 Å². The van der Waals surface area contributed by atoms with Crippen molar-refractivity contribution in [1.29, 1.82) is 0 Å². The highest BCUT2D eigenvalue weighted by atomic mass is 16.5. The molecular formula is C18H19NO3. The molecule has 0 aliphatic heterocycles. The third-order valence-electron chi connectivity index (χ3n) is 3.75. The zero-order valence-electron chi connectivity index (χ0n) is 13.3. The van der Waals surface area contributed by atoms with Crippen LogP contribution >= 0.6 is 0 Å². The predicted octanol–water partition coefficient (Wildman–Crippen LogP) is 4.75. The molecule has 2 aromatic heterocycles. The highest BCUT2D eigenvalue weighted by molar-refractivity contribution is 5.45. The number of hydrogen-bond donors (Lipinski definition) is 0. The second-order valence-corrected chi connectivity index (χ2v) is 5.49. The number of hydrogen-bond acceptors (Lipinski definition) is 4. The van der Waals surface area contributed by atoms with Crippen LogP contribution in [0.25, 0.3) is 11.7 Å². The fourth-order valence-electron chi connectivity index (χ4n) is 2.36. The molecule has 0 aliphatic carbocycles. The number of rotatable bonds is 4. The van der Waals surface area contributed by atoms with Crippen LogP contribution in [0.3, 0.4) is 0 Å². The Kier molecular flexibility index (Phi) is 3.75.